The molecule has 1 N–H and O–H groups in total. The minimum absolute atomic E-state index is 0.147. The molecule has 0 aromatic heterocycles. The van der Waals surface area contributed by atoms with Gasteiger partial charge in [0.15, 0.2) is 0 Å². The molecule has 1 saturated heterocycles. The molecule has 2 fully saturated rings. The van der Waals surface area contributed by atoms with Crippen molar-refractivity contribution in [1.29, 1.82) is 0 Å². The van der Waals surface area contributed by atoms with Gasteiger partial charge in [0.2, 0.25) is 11.8 Å². The van der Waals surface area contributed by atoms with Crippen molar-refractivity contribution in [3.8, 4) is 0 Å². The molecule has 0 radical (unpaired) electrons. The van der Waals surface area contributed by atoms with Gasteiger partial charge in [0.05, 0.1) is 0 Å². The van der Waals surface area contributed by atoms with Gasteiger partial charge in [0.25, 0.3) is 0 Å². The zero-order chi connectivity index (χ0) is 17.7. The Kier molecular flexibility index (Phi) is 6.70. The Hall–Kier alpha value is -1.06. The van der Waals surface area contributed by atoms with Crippen molar-refractivity contribution in [2.24, 2.45) is 23.2 Å². The summed E-state index contributed by atoms with van der Waals surface area (Å²) in [5.74, 6) is 1.83. The first-order valence-corrected chi connectivity index (χ1v) is 9.83. The molecule has 0 bridgehead atoms. The lowest BCUT2D eigenvalue weighted by Gasteiger charge is -2.36. The van der Waals surface area contributed by atoms with Crippen LogP contribution >= 0.6 is 0 Å². The number of nitrogens with one attached hydrogen (secondary N) is 1. The Bertz CT molecular complexity index is 433. The molecule has 4 nitrogen and oxygen atoms in total. The fourth-order valence-electron chi connectivity index (χ4n) is 4.23. The quantitative estimate of drug-likeness (QED) is 0.852. The second kappa shape index (κ2) is 8.35. The molecule has 1 saturated carbocycles. The predicted octanol–water partition coefficient (Wildman–Crippen LogP) is 3.60. The van der Waals surface area contributed by atoms with Crippen molar-refractivity contribution >= 4 is 11.8 Å². The van der Waals surface area contributed by atoms with Gasteiger partial charge in [-0.15, -0.1) is 0 Å². The summed E-state index contributed by atoms with van der Waals surface area (Å²) < 4.78 is 0. The van der Waals surface area contributed by atoms with Crippen molar-refractivity contribution in [3.05, 3.63) is 0 Å². The molecule has 24 heavy (non-hydrogen) atoms. The van der Waals surface area contributed by atoms with E-state index < -0.39 is 0 Å². The SMILES string of the molecule is CC1CCCN(C(=O)CCNC(=O)C2CCC(C(C)(C)C)CC2)C1. The number of rotatable bonds is 4. The molecule has 1 aliphatic carbocycles. The van der Waals surface area contributed by atoms with Crippen LogP contribution in [0.5, 0.6) is 0 Å². The lowest BCUT2D eigenvalue weighted by Crippen LogP contribution is -2.41. The predicted molar refractivity (Wildman–Crippen MR) is 97.5 cm³/mol. The van der Waals surface area contributed by atoms with Gasteiger partial charge in [-0.2, -0.15) is 0 Å². The maximum Gasteiger partial charge on any atom is 0.224 e. The van der Waals surface area contributed by atoms with Gasteiger partial charge in [0, 0.05) is 32.0 Å². The van der Waals surface area contributed by atoms with E-state index in [0.29, 0.717) is 24.3 Å². The van der Waals surface area contributed by atoms with Gasteiger partial charge in [-0.1, -0.05) is 27.7 Å². The van der Waals surface area contributed by atoms with Crippen LogP contribution in [0.1, 0.15) is 72.6 Å². The number of likely N-dealkylation sites (tertiary alicyclic amines) is 1. The first kappa shape index (κ1) is 19.3. The number of piperidine rings is 1. The molecule has 138 valence electrons. The molecule has 1 heterocycles. The molecule has 2 rings (SSSR count). The van der Waals surface area contributed by atoms with E-state index in [1.165, 1.54) is 6.42 Å². The van der Waals surface area contributed by atoms with Crippen LogP contribution < -0.4 is 5.32 Å². The van der Waals surface area contributed by atoms with Crippen molar-refractivity contribution in [3.63, 3.8) is 0 Å². The monoisotopic (exact) mass is 336 g/mol. The standard InChI is InChI=1S/C20H36N2O2/c1-15-6-5-13-22(14-15)18(23)11-12-21-19(24)16-7-9-17(10-8-16)20(2,3)4/h15-17H,5-14H2,1-4H3,(H,21,24). The third kappa shape index (κ3) is 5.49. The first-order chi connectivity index (χ1) is 11.3. The number of hydrogen-bond donors (Lipinski definition) is 1. The minimum Gasteiger partial charge on any atom is -0.355 e. The van der Waals surface area contributed by atoms with Crippen LogP contribution in [0.4, 0.5) is 0 Å². The number of carbonyl (C=O) groups is 2. The molecule has 1 unspecified atom stereocenters. The summed E-state index contributed by atoms with van der Waals surface area (Å²) in [6, 6.07) is 0. The highest BCUT2D eigenvalue weighted by Crippen LogP contribution is 2.39. The Morgan fingerprint density at radius 2 is 1.75 bits per heavy atom. The van der Waals surface area contributed by atoms with Gasteiger partial charge in [-0.05, 0) is 55.8 Å². The topological polar surface area (TPSA) is 49.4 Å². The Labute approximate surface area is 147 Å². The average molecular weight is 337 g/mol. The largest absolute Gasteiger partial charge is 0.355 e. The normalized spacial score (nSPS) is 28.5. The summed E-state index contributed by atoms with van der Waals surface area (Å²) in [7, 11) is 0. The second-order valence-electron chi connectivity index (χ2n) is 9.04. The summed E-state index contributed by atoms with van der Waals surface area (Å²) in [4.78, 5) is 26.5. The van der Waals surface area contributed by atoms with Gasteiger partial charge in [-0.3, -0.25) is 9.59 Å². The molecular formula is C20H36N2O2. The molecule has 2 aliphatic rings. The van der Waals surface area contributed by atoms with Crippen LogP contribution in [0, 0.1) is 23.2 Å². The molecule has 0 spiro atoms. The lowest BCUT2D eigenvalue weighted by molar-refractivity contribution is -0.133. The van der Waals surface area contributed by atoms with Crippen molar-refractivity contribution in [2.45, 2.75) is 72.6 Å². The average Bonchev–Trinajstić information content (AvgIpc) is 2.54. The highest BCUT2D eigenvalue weighted by atomic mass is 16.2. The van der Waals surface area contributed by atoms with Crippen LogP contribution in [-0.2, 0) is 9.59 Å². The Morgan fingerprint density at radius 3 is 2.33 bits per heavy atom. The zero-order valence-electron chi connectivity index (χ0n) is 16.1. The molecular weight excluding hydrogens is 300 g/mol. The highest BCUT2D eigenvalue weighted by molar-refractivity contribution is 5.80. The van der Waals surface area contributed by atoms with Gasteiger partial charge < -0.3 is 10.2 Å². The Balaban J connectivity index is 1.66. The van der Waals surface area contributed by atoms with E-state index in [2.05, 4.69) is 33.0 Å². The number of carbonyl (C=O) groups excluding carboxylic acids is 2. The van der Waals surface area contributed by atoms with E-state index >= 15 is 0 Å². The third-order valence-corrected chi connectivity index (χ3v) is 5.97. The van der Waals surface area contributed by atoms with Crippen molar-refractivity contribution in [2.75, 3.05) is 19.6 Å². The smallest absolute Gasteiger partial charge is 0.224 e. The van der Waals surface area contributed by atoms with E-state index in [0.717, 1.165) is 51.1 Å². The minimum atomic E-state index is 0.147. The van der Waals surface area contributed by atoms with Crippen LogP contribution in [0.3, 0.4) is 0 Å². The van der Waals surface area contributed by atoms with Gasteiger partial charge >= 0.3 is 0 Å². The van der Waals surface area contributed by atoms with Gasteiger partial charge in [-0.25, -0.2) is 0 Å². The maximum absolute atomic E-state index is 12.3. The fourth-order valence-corrected chi connectivity index (χ4v) is 4.23. The van der Waals surface area contributed by atoms with E-state index in [9.17, 15) is 9.59 Å². The van der Waals surface area contributed by atoms with E-state index in [-0.39, 0.29) is 17.7 Å². The molecule has 1 aliphatic heterocycles. The zero-order valence-corrected chi connectivity index (χ0v) is 16.1. The van der Waals surface area contributed by atoms with Gasteiger partial charge in [0.1, 0.15) is 0 Å². The highest BCUT2D eigenvalue weighted by Gasteiger charge is 2.32. The van der Waals surface area contributed by atoms with E-state index in [1.54, 1.807) is 0 Å². The summed E-state index contributed by atoms with van der Waals surface area (Å²) in [5, 5.41) is 3.00. The second-order valence-corrected chi connectivity index (χ2v) is 9.04. The third-order valence-electron chi connectivity index (χ3n) is 5.97. The van der Waals surface area contributed by atoms with Crippen LogP contribution in [0.25, 0.3) is 0 Å². The molecule has 1 atom stereocenters. The van der Waals surface area contributed by atoms with Crippen LogP contribution in [0.15, 0.2) is 0 Å². The van der Waals surface area contributed by atoms with E-state index in [4.69, 9.17) is 0 Å². The lowest BCUT2D eigenvalue weighted by atomic mass is 9.69. The molecule has 0 aromatic rings. The van der Waals surface area contributed by atoms with E-state index in [1.807, 2.05) is 4.90 Å². The molecule has 2 amide bonds. The number of nitrogens with zero attached hydrogens (tertiary/aromatic N) is 1. The summed E-state index contributed by atoms with van der Waals surface area (Å²) in [6.07, 6.45) is 7.04. The first-order valence-electron chi connectivity index (χ1n) is 9.83. The maximum atomic E-state index is 12.3. The fraction of sp³-hybridized carbons (Fsp3) is 0.900. The van der Waals surface area contributed by atoms with Crippen molar-refractivity contribution in [1.82, 2.24) is 10.2 Å². The van der Waals surface area contributed by atoms with Crippen molar-refractivity contribution < 1.29 is 9.59 Å². The summed E-state index contributed by atoms with van der Waals surface area (Å²) in [5.41, 5.74) is 0.347. The number of hydrogen-bond acceptors (Lipinski definition) is 2. The summed E-state index contributed by atoms with van der Waals surface area (Å²) in [6.45, 7) is 11.3. The summed E-state index contributed by atoms with van der Waals surface area (Å²) >= 11 is 0. The Morgan fingerprint density at radius 1 is 1.08 bits per heavy atom. The molecule has 4 heteroatoms. The molecule has 0 aromatic carbocycles. The van der Waals surface area contributed by atoms with Crippen LogP contribution in [0.2, 0.25) is 0 Å². The number of amides is 2. The van der Waals surface area contributed by atoms with Crippen LogP contribution in [-0.4, -0.2) is 36.3 Å².